The van der Waals surface area contributed by atoms with E-state index < -0.39 is 0 Å². The fourth-order valence-electron chi connectivity index (χ4n) is 1.12. The van der Waals surface area contributed by atoms with Crippen LogP contribution in [0.15, 0.2) is 30.5 Å². The summed E-state index contributed by atoms with van der Waals surface area (Å²) in [5, 5.41) is 11.8. The lowest BCUT2D eigenvalue weighted by atomic mass is 10.3. The quantitative estimate of drug-likeness (QED) is 0.584. The number of hydrogen-bond donors (Lipinski definition) is 1. The first-order valence-corrected chi connectivity index (χ1v) is 5.04. The van der Waals surface area contributed by atoms with E-state index in [2.05, 4.69) is 16.9 Å². The lowest BCUT2D eigenvalue weighted by Gasteiger charge is -2.07. The van der Waals surface area contributed by atoms with Crippen molar-refractivity contribution in [2.24, 2.45) is 0 Å². The van der Waals surface area contributed by atoms with Crippen molar-refractivity contribution >= 4 is 5.69 Å². The summed E-state index contributed by atoms with van der Waals surface area (Å²) < 4.78 is 5.33. The van der Waals surface area contributed by atoms with Gasteiger partial charge in [0.1, 0.15) is 11.8 Å². The zero-order valence-electron chi connectivity index (χ0n) is 9.36. The Hall–Kier alpha value is -1.86. The molecule has 0 atom stereocenters. The molecule has 0 radical (unpaired) electrons. The van der Waals surface area contributed by atoms with Crippen LogP contribution in [0.1, 0.15) is 12.6 Å². The lowest BCUT2D eigenvalue weighted by Crippen LogP contribution is -2.10. The molecule has 0 saturated carbocycles. The Morgan fingerprint density at radius 1 is 1.69 bits per heavy atom. The molecule has 16 heavy (non-hydrogen) atoms. The van der Waals surface area contributed by atoms with Crippen LogP contribution < -0.4 is 5.32 Å². The standard InChI is InChI=1S/C12H15N3O/c1-10(2)9-16-6-5-15-11-3-4-14-12(7-11)8-13/h3-4,7H,1,5-6,9H2,2H3,(H,14,15). The second-order valence-corrected chi connectivity index (χ2v) is 3.48. The molecular formula is C12H15N3O. The maximum absolute atomic E-state index is 8.66. The summed E-state index contributed by atoms with van der Waals surface area (Å²) in [5.74, 6) is 0. The highest BCUT2D eigenvalue weighted by Crippen LogP contribution is 2.06. The molecule has 0 aliphatic rings. The van der Waals surface area contributed by atoms with Gasteiger partial charge in [-0.25, -0.2) is 4.98 Å². The third kappa shape index (κ3) is 4.58. The van der Waals surface area contributed by atoms with Gasteiger partial charge in [0.05, 0.1) is 13.2 Å². The molecule has 1 aromatic heterocycles. The van der Waals surface area contributed by atoms with Crippen LogP contribution in [-0.4, -0.2) is 24.7 Å². The Balaban J connectivity index is 2.27. The second kappa shape index (κ2) is 6.59. The molecule has 0 amide bonds. The van der Waals surface area contributed by atoms with Gasteiger partial charge >= 0.3 is 0 Å². The van der Waals surface area contributed by atoms with E-state index in [9.17, 15) is 0 Å². The Kier molecular flexibility index (Phi) is 5.03. The van der Waals surface area contributed by atoms with Gasteiger partial charge in [-0.3, -0.25) is 0 Å². The van der Waals surface area contributed by atoms with Gasteiger partial charge in [0.25, 0.3) is 0 Å². The lowest BCUT2D eigenvalue weighted by molar-refractivity contribution is 0.167. The number of hydrogen-bond acceptors (Lipinski definition) is 4. The van der Waals surface area contributed by atoms with Crippen molar-refractivity contribution in [1.82, 2.24) is 4.98 Å². The minimum atomic E-state index is 0.410. The predicted octanol–water partition coefficient (Wildman–Crippen LogP) is 1.96. The Bertz CT molecular complexity index is 395. The molecule has 0 spiro atoms. The Morgan fingerprint density at radius 2 is 2.50 bits per heavy atom. The molecule has 84 valence electrons. The molecule has 1 rings (SSSR count). The Morgan fingerprint density at radius 3 is 3.19 bits per heavy atom. The smallest absolute Gasteiger partial charge is 0.142 e. The molecule has 4 heteroatoms. The number of anilines is 1. The van der Waals surface area contributed by atoms with Crippen molar-refractivity contribution in [1.29, 1.82) is 5.26 Å². The van der Waals surface area contributed by atoms with Crippen LogP contribution in [0.25, 0.3) is 0 Å². The molecule has 0 aliphatic carbocycles. The predicted molar refractivity (Wildman–Crippen MR) is 63.1 cm³/mol. The average Bonchev–Trinajstić information content (AvgIpc) is 2.28. The Labute approximate surface area is 95.6 Å². The SMILES string of the molecule is C=C(C)COCCNc1ccnc(C#N)c1. The molecule has 1 aromatic rings. The highest BCUT2D eigenvalue weighted by atomic mass is 16.5. The van der Waals surface area contributed by atoms with Crippen molar-refractivity contribution in [2.45, 2.75) is 6.92 Å². The summed E-state index contributed by atoms with van der Waals surface area (Å²) >= 11 is 0. The third-order valence-electron chi connectivity index (χ3n) is 1.80. The first-order chi connectivity index (χ1) is 7.72. The molecular weight excluding hydrogens is 202 g/mol. The van der Waals surface area contributed by atoms with Gasteiger partial charge in [-0.1, -0.05) is 12.2 Å². The normalized spacial score (nSPS) is 9.50. The maximum Gasteiger partial charge on any atom is 0.142 e. The summed E-state index contributed by atoms with van der Waals surface area (Å²) in [6.45, 7) is 7.56. The van der Waals surface area contributed by atoms with Gasteiger partial charge in [-0.15, -0.1) is 0 Å². The molecule has 0 aliphatic heterocycles. The summed E-state index contributed by atoms with van der Waals surface area (Å²) in [6.07, 6.45) is 1.61. The number of rotatable bonds is 6. The largest absolute Gasteiger partial charge is 0.383 e. The average molecular weight is 217 g/mol. The molecule has 0 aromatic carbocycles. The van der Waals surface area contributed by atoms with Gasteiger partial charge in [-0.05, 0) is 19.1 Å². The number of nitrogens with one attached hydrogen (secondary N) is 1. The molecule has 0 saturated heterocycles. The van der Waals surface area contributed by atoms with Crippen LogP contribution in [-0.2, 0) is 4.74 Å². The van der Waals surface area contributed by atoms with Gasteiger partial charge < -0.3 is 10.1 Å². The van der Waals surface area contributed by atoms with E-state index in [-0.39, 0.29) is 0 Å². The molecule has 1 N–H and O–H groups in total. The molecule has 0 unspecified atom stereocenters. The molecule has 1 heterocycles. The number of pyridine rings is 1. The number of nitrogens with zero attached hydrogens (tertiary/aromatic N) is 2. The van der Waals surface area contributed by atoms with E-state index >= 15 is 0 Å². The van der Waals surface area contributed by atoms with Gasteiger partial charge in [0, 0.05) is 18.4 Å². The van der Waals surface area contributed by atoms with E-state index in [1.165, 1.54) is 0 Å². The van der Waals surface area contributed by atoms with Crippen LogP contribution in [0.4, 0.5) is 5.69 Å². The number of nitriles is 1. The number of aromatic nitrogens is 1. The monoisotopic (exact) mass is 217 g/mol. The fourth-order valence-corrected chi connectivity index (χ4v) is 1.12. The minimum absolute atomic E-state index is 0.410. The first kappa shape index (κ1) is 12.2. The van der Waals surface area contributed by atoms with E-state index in [4.69, 9.17) is 10.00 Å². The van der Waals surface area contributed by atoms with Crippen LogP contribution >= 0.6 is 0 Å². The van der Waals surface area contributed by atoms with Gasteiger partial charge in [-0.2, -0.15) is 5.26 Å². The highest BCUT2D eigenvalue weighted by molar-refractivity contribution is 5.45. The van der Waals surface area contributed by atoms with Crippen molar-refractivity contribution in [2.75, 3.05) is 25.1 Å². The van der Waals surface area contributed by atoms with E-state index in [0.29, 0.717) is 25.5 Å². The van der Waals surface area contributed by atoms with Gasteiger partial charge in [0.15, 0.2) is 0 Å². The third-order valence-corrected chi connectivity index (χ3v) is 1.80. The minimum Gasteiger partial charge on any atom is -0.383 e. The van der Waals surface area contributed by atoms with Crippen LogP contribution in [0.2, 0.25) is 0 Å². The zero-order chi connectivity index (χ0) is 11.8. The molecule has 0 fully saturated rings. The van der Waals surface area contributed by atoms with E-state index in [0.717, 1.165) is 11.3 Å². The van der Waals surface area contributed by atoms with Crippen LogP contribution in [0, 0.1) is 11.3 Å². The van der Waals surface area contributed by atoms with Gasteiger partial charge in [0.2, 0.25) is 0 Å². The summed E-state index contributed by atoms with van der Waals surface area (Å²) in [5.41, 5.74) is 2.30. The zero-order valence-corrected chi connectivity index (χ0v) is 9.36. The summed E-state index contributed by atoms with van der Waals surface area (Å²) in [4.78, 5) is 3.88. The first-order valence-electron chi connectivity index (χ1n) is 5.04. The van der Waals surface area contributed by atoms with E-state index in [1.807, 2.05) is 19.1 Å². The van der Waals surface area contributed by atoms with Crippen molar-refractivity contribution in [3.8, 4) is 6.07 Å². The maximum atomic E-state index is 8.66. The van der Waals surface area contributed by atoms with Crippen molar-refractivity contribution in [3.05, 3.63) is 36.2 Å². The highest BCUT2D eigenvalue weighted by Gasteiger charge is 1.95. The number of ether oxygens (including phenoxy) is 1. The van der Waals surface area contributed by atoms with Crippen molar-refractivity contribution < 1.29 is 4.74 Å². The van der Waals surface area contributed by atoms with Crippen LogP contribution in [0.5, 0.6) is 0 Å². The van der Waals surface area contributed by atoms with E-state index in [1.54, 1.807) is 12.3 Å². The summed E-state index contributed by atoms with van der Waals surface area (Å²) in [7, 11) is 0. The van der Waals surface area contributed by atoms with Crippen molar-refractivity contribution in [3.63, 3.8) is 0 Å². The second-order valence-electron chi connectivity index (χ2n) is 3.48. The fraction of sp³-hybridized carbons (Fsp3) is 0.333. The molecule has 0 bridgehead atoms. The topological polar surface area (TPSA) is 57.9 Å². The van der Waals surface area contributed by atoms with Crippen LogP contribution in [0.3, 0.4) is 0 Å². The summed E-state index contributed by atoms with van der Waals surface area (Å²) in [6, 6.07) is 5.52. The molecule has 4 nitrogen and oxygen atoms in total.